The van der Waals surface area contributed by atoms with Gasteiger partial charge in [0.25, 0.3) is 0 Å². The zero-order valence-corrected chi connectivity index (χ0v) is 18.0. The van der Waals surface area contributed by atoms with Gasteiger partial charge >= 0.3 is 0 Å². The zero-order valence-electron chi connectivity index (χ0n) is 15.6. The average Bonchev–Trinajstić information content (AvgIpc) is 2.60. The molecule has 1 aliphatic heterocycles. The molecule has 0 aliphatic carbocycles. The zero-order chi connectivity index (χ0) is 18.1. The maximum Gasteiger partial charge on any atom is 0.224 e. The molecule has 1 aliphatic rings. The lowest BCUT2D eigenvalue weighted by atomic mass is 10.00. The molecule has 0 aromatic heterocycles. The van der Waals surface area contributed by atoms with Gasteiger partial charge < -0.3 is 15.5 Å². The highest BCUT2D eigenvalue weighted by Crippen LogP contribution is 2.15. The van der Waals surface area contributed by atoms with Gasteiger partial charge in [-0.2, -0.15) is 0 Å². The lowest BCUT2D eigenvalue weighted by Gasteiger charge is -2.33. The first-order chi connectivity index (χ1) is 12.1. The molecule has 0 atom stereocenters. The lowest BCUT2D eigenvalue weighted by molar-refractivity contribution is -0.120. The fraction of sp³-hybridized carbons (Fsp3) is 0.579. The summed E-state index contributed by atoms with van der Waals surface area (Å²) in [6, 6.07) is 6.01. The number of benzene rings is 1. The average molecular weight is 476 g/mol. The van der Waals surface area contributed by atoms with Crippen molar-refractivity contribution >= 4 is 35.8 Å². The minimum Gasteiger partial charge on any atom is -0.357 e. The fourth-order valence-electron chi connectivity index (χ4n) is 2.85. The molecule has 0 bridgehead atoms. The second-order valence-corrected chi connectivity index (χ2v) is 6.56. The van der Waals surface area contributed by atoms with Crippen LogP contribution < -0.4 is 10.6 Å². The predicted octanol–water partition coefficient (Wildman–Crippen LogP) is 2.80. The van der Waals surface area contributed by atoms with Crippen LogP contribution in [0.25, 0.3) is 0 Å². The molecule has 2 rings (SSSR count). The van der Waals surface area contributed by atoms with Gasteiger partial charge in [0.2, 0.25) is 5.91 Å². The first-order valence-corrected chi connectivity index (χ1v) is 9.13. The number of hydrogen-bond donors (Lipinski definition) is 2. The van der Waals surface area contributed by atoms with E-state index in [0.717, 1.165) is 37.1 Å². The van der Waals surface area contributed by atoms with E-state index >= 15 is 0 Å². The summed E-state index contributed by atoms with van der Waals surface area (Å²) in [7, 11) is 0. The standard InChI is InChI=1S/C19H29FN4O.HI/c1-3-21-19(24-12-8-15(2)9-13-24)23-11-10-22-18(25)14-16-4-6-17(20)7-5-16;/h4-7,15H,3,8-14H2,1-2H3,(H,21,23)(H,22,25);1H. The summed E-state index contributed by atoms with van der Waals surface area (Å²) in [6.07, 6.45) is 2.64. The highest BCUT2D eigenvalue weighted by molar-refractivity contribution is 14.0. The van der Waals surface area contributed by atoms with E-state index in [4.69, 9.17) is 0 Å². The van der Waals surface area contributed by atoms with Crippen molar-refractivity contribution in [2.24, 2.45) is 10.9 Å². The molecule has 0 unspecified atom stereocenters. The molecule has 1 fully saturated rings. The second-order valence-electron chi connectivity index (χ2n) is 6.56. The van der Waals surface area contributed by atoms with Gasteiger partial charge in [-0.1, -0.05) is 19.1 Å². The molecule has 1 saturated heterocycles. The highest BCUT2D eigenvalue weighted by atomic mass is 127. The number of halogens is 2. The topological polar surface area (TPSA) is 56.7 Å². The van der Waals surface area contributed by atoms with Crippen LogP contribution in [0.3, 0.4) is 0 Å². The maximum atomic E-state index is 12.9. The van der Waals surface area contributed by atoms with Gasteiger partial charge in [0.1, 0.15) is 5.82 Å². The van der Waals surface area contributed by atoms with E-state index in [1.54, 1.807) is 12.1 Å². The predicted molar refractivity (Wildman–Crippen MR) is 114 cm³/mol. The van der Waals surface area contributed by atoms with Crippen molar-refractivity contribution in [1.82, 2.24) is 15.5 Å². The van der Waals surface area contributed by atoms with Crippen molar-refractivity contribution in [1.29, 1.82) is 0 Å². The smallest absolute Gasteiger partial charge is 0.224 e. The van der Waals surface area contributed by atoms with Crippen LogP contribution in [-0.4, -0.2) is 49.5 Å². The van der Waals surface area contributed by atoms with E-state index in [0.29, 0.717) is 13.1 Å². The van der Waals surface area contributed by atoms with E-state index in [9.17, 15) is 9.18 Å². The van der Waals surface area contributed by atoms with Crippen LogP contribution in [0, 0.1) is 11.7 Å². The van der Waals surface area contributed by atoms with E-state index in [-0.39, 0.29) is 42.1 Å². The fourth-order valence-corrected chi connectivity index (χ4v) is 2.85. The van der Waals surface area contributed by atoms with Crippen LogP contribution >= 0.6 is 24.0 Å². The molecule has 0 spiro atoms. The van der Waals surface area contributed by atoms with Crippen LogP contribution in [0.4, 0.5) is 4.39 Å². The molecular weight excluding hydrogens is 446 g/mol. The van der Waals surface area contributed by atoms with E-state index in [1.807, 2.05) is 0 Å². The number of nitrogens with zero attached hydrogens (tertiary/aromatic N) is 2. The number of guanidine groups is 1. The molecule has 1 heterocycles. The van der Waals surface area contributed by atoms with Crippen LogP contribution in [0.15, 0.2) is 29.3 Å². The molecule has 1 amide bonds. The molecule has 7 heteroatoms. The van der Waals surface area contributed by atoms with Gasteiger partial charge in [-0.05, 0) is 43.4 Å². The monoisotopic (exact) mass is 476 g/mol. The van der Waals surface area contributed by atoms with Crippen LogP contribution in [0.2, 0.25) is 0 Å². The van der Waals surface area contributed by atoms with Crippen LogP contribution in [0.5, 0.6) is 0 Å². The third-order valence-electron chi connectivity index (χ3n) is 4.39. The van der Waals surface area contributed by atoms with Gasteiger partial charge in [0.15, 0.2) is 5.96 Å². The summed E-state index contributed by atoms with van der Waals surface area (Å²) in [5.74, 6) is 1.35. The quantitative estimate of drug-likeness (QED) is 0.288. The molecule has 1 aromatic rings. The minimum absolute atomic E-state index is 0. The number of carbonyl (C=O) groups excluding carboxylic acids is 1. The number of hydrogen-bond acceptors (Lipinski definition) is 2. The van der Waals surface area contributed by atoms with Crippen molar-refractivity contribution in [2.75, 3.05) is 32.7 Å². The number of carbonyl (C=O) groups is 1. The Morgan fingerprint density at radius 1 is 1.23 bits per heavy atom. The summed E-state index contributed by atoms with van der Waals surface area (Å²) in [5, 5.41) is 6.20. The van der Waals surface area contributed by atoms with Gasteiger partial charge in [-0.25, -0.2) is 4.39 Å². The summed E-state index contributed by atoms with van der Waals surface area (Å²) in [4.78, 5) is 18.8. The van der Waals surface area contributed by atoms with E-state index in [1.165, 1.54) is 25.0 Å². The number of likely N-dealkylation sites (tertiary alicyclic amines) is 1. The maximum absolute atomic E-state index is 12.9. The SMILES string of the molecule is CCNC(=NCCNC(=O)Cc1ccc(F)cc1)N1CCC(C)CC1.I. The van der Waals surface area contributed by atoms with E-state index < -0.39 is 0 Å². The summed E-state index contributed by atoms with van der Waals surface area (Å²) in [6.45, 7) is 8.29. The van der Waals surface area contributed by atoms with Gasteiger partial charge in [-0.3, -0.25) is 9.79 Å². The van der Waals surface area contributed by atoms with Gasteiger partial charge in [0, 0.05) is 26.2 Å². The Morgan fingerprint density at radius 3 is 2.50 bits per heavy atom. The summed E-state index contributed by atoms with van der Waals surface area (Å²) in [5.41, 5.74) is 0.804. The van der Waals surface area contributed by atoms with Gasteiger partial charge in [0.05, 0.1) is 13.0 Å². The Bertz CT molecular complexity index is 571. The Balaban J connectivity index is 0.00000338. The van der Waals surface area contributed by atoms with Crippen molar-refractivity contribution in [3.05, 3.63) is 35.6 Å². The number of rotatable bonds is 6. The van der Waals surface area contributed by atoms with E-state index in [2.05, 4.69) is 34.4 Å². The highest BCUT2D eigenvalue weighted by Gasteiger charge is 2.18. The van der Waals surface area contributed by atoms with Crippen molar-refractivity contribution in [3.8, 4) is 0 Å². The van der Waals surface area contributed by atoms with Crippen molar-refractivity contribution in [2.45, 2.75) is 33.1 Å². The summed E-state index contributed by atoms with van der Waals surface area (Å²) < 4.78 is 12.9. The molecule has 146 valence electrons. The number of aliphatic imine (C=N–C) groups is 1. The molecule has 2 N–H and O–H groups in total. The second kappa shape index (κ2) is 12.1. The molecule has 1 aromatic carbocycles. The summed E-state index contributed by atoms with van der Waals surface area (Å²) >= 11 is 0. The van der Waals surface area contributed by atoms with Crippen LogP contribution in [-0.2, 0) is 11.2 Å². The Hall–Kier alpha value is -1.38. The van der Waals surface area contributed by atoms with Crippen molar-refractivity contribution < 1.29 is 9.18 Å². The Labute approximate surface area is 172 Å². The normalized spacial score (nSPS) is 15.3. The Morgan fingerprint density at radius 2 is 1.88 bits per heavy atom. The van der Waals surface area contributed by atoms with Crippen molar-refractivity contribution in [3.63, 3.8) is 0 Å². The third-order valence-corrected chi connectivity index (χ3v) is 4.39. The Kier molecular flexibility index (Phi) is 10.5. The largest absolute Gasteiger partial charge is 0.357 e. The molecule has 26 heavy (non-hydrogen) atoms. The molecule has 5 nitrogen and oxygen atoms in total. The molecule has 0 saturated carbocycles. The minimum atomic E-state index is -0.290. The van der Waals surface area contributed by atoms with Gasteiger partial charge in [-0.15, -0.1) is 24.0 Å². The first kappa shape index (κ1) is 22.7. The third kappa shape index (κ3) is 7.88. The lowest BCUT2D eigenvalue weighted by Crippen LogP contribution is -2.45. The number of nitrogens with one attached hydrogen (secondary N) is 2. The number of piperidine rings is 1. The molecular formula is C19H30FIN4O. The number of amides is 1. The van der Waals surface area contributed by atoms with Crippen LogP contribution in [0.1, 0.15) is 32.3 Å². The molecule has 0 radical (unpaired) electrons. The first-order valence-electron chi connectivity index (χ1n) is 9.13.